The maximum absolute atomic E-state index is 11.7. The fourth-order valence-electron chi connectivity index (χ4n) is 14.0. The van der Waals surface area contributed by atoms with E-state index in [0.29, 0.717) is 97.0 Å². The predicted octanol–water partition coefficient (Wildman–Crippen LogP) is 12.4. The molecule has 0 unspecified atom stereocenters. The summed E-state index contributed by atoms with van der Waals surface area (Å²) < 4.78 is 37.8. The molecule has 3 aliphatic carbocycles. The molecule has 7 aromatic heterocycles. The molecule has 5 fully saturated rings. The molecule has 9 heterocycles. The molecule has 9 aromatic rings. The van der Waals surface area contributed by atoms with Crippen molar-refractivity contribution in [3.05, 3.63) is 97.2 Å². The van der Waals surface area contributed by atoms with Gasteiger partial charge in [0.2, 0.25) is 17.6 Å². The molecule has 0 radical (unpaired) electrons. The molecule has 0 bridgehead atoms. The number of aromatic nitrogens is 11. The van der Waals surface area contributed by atoms with E-state index in [9.17, 15) is 14.4 Å². The number of ketones is 3. The summed E-state index contributed by atoms with van der Waals surface area (Å²) in [5.74, 6) is 5.40. The number of piperidine rings is 2. The van der Waals surface area contributed by atoms with E-state index in [2.05, 4.69) is 86.4 Å². The van der Waals surface area contributed by atoms with Crippen LogP contribution in [0.2, 0.25) is 0 Å². The van der Waals surface area contributed by atoms with Crippen LogP contribution in [0.1, 0.15) is 136 Å². The summed E-state index contributed by atoms with van der Waals surface area (Å²) in [4.78, 5) is 54.5. The summed E-state index contributed by atoms with van der Waals surface area (Å²) in [5.41, 5.74) is 9.30. The number of hydrogen-bond acceptors (Lipinski definition) is 17. The highest BCUT2D eigenvalue weighted by atomic mass is 16.5. The number of likely N-dealkylation sites (tertiary alicyclic amines) is 2. The van der Waals surface area contributed by atoms with Crippen LogP contribution in [0.4, 0.5) is 0 Å². The summed E-state index contributed by atoms with van der Waals surface area (Å²) in [5, 5.41) is 21.1. The van der Waals surface area contributed by atoms with Crippen molar-refractivity contribution < 1.29 is 38.1 Å². The molecule has 94 heavy (non-hydrogen) atoms. The quantitative estimate of drug-likeness (QED) is 0.0828. The van der Waals surface area contributed by atoms with Gasteiger partial charge in [0.1, 0.15) is 35.7 Å². The lowest BCUT2D eigenvalue weighted by Crippen LogP contribution is -2.31. The van der Waals surface area contributed by atoms with Crippen molar-refractivity contribution in [3.63, 3.8) is 0 Å². The van der Waals surface area contributed by atoms with Gasteiger partial charge in [-0.2, -0.15) is 20.4 Å². The zero-order chi connectivity index (χ0) is 65.9. The van der Waals surface area contributed by atoms with Gasteiger partial charge in [-0.25, -0.2) is 15.0 Å². The summed E-state index contributed by atoms with van der Waals surface area (Å²) in [6.45, 7) is 14.6. The molecule has 14 rings (SSSR count). The van der Waals surface area contributed by atoms with Crippen molar-refractivity contribution >= 4 is 50.1 Å². The second kappa shape index (κ2) is 28.6. The van der Waals surface area contributed by atoms with Crippen LogP contribution in [-0.4, -0.2) is 153 Å². The number of aryl methyl sites for hydroxylation is 3. The second-order valence-electron chi connectivity index (χ2n) is 27.2. The maximum Gasteiger partial charge on any atom is 0.225 e. The van der Waals surface area contributed by atoms with E-state index in [1.165, 1.54) is 18.4 Å². The van der Waals surface area contributed by atoms with Gasteiger partial charge in [-0.1, -0.05) is 24.3 Å². The number of carbonyl (C=O) groups excluding carboxylic acids is 3. The van der Waals surface area contributed by atoms with Crippen LogP contribution in [0.25, 0.3) is 66.5 Å². The summed E-state index contributed by atoms with van der Waals surface area (Å²) in [6, 6.07) is 21.0. The minimum Gasteiger partial charge on any atom is -0.493 e. The number of hydrogen-bond donors (Lipinski definition) is 0. The largest absolute Gasteiger partial charge is 0.493 e. The number of Topliss-reactive ketones (excluding diaryl/α,β-unsaturated/α-hetero) is 3. The Morgan fingerprint density at radius 3 is 1.29 bits per heavy atom. The highest BCUT2D eigenvalue weighted by molar-refractivity contribution is 5.89. The number of benzene rings is 2. The van der Waals surface area contributed by atoms with E-state index < -0.39 is 0 Å². The van der Waals surface area contributed by atoms with E-state index in [4.69, 9.17) is 38.6 Å². The number of methoxy groups -OCH3 is 1. The van der Waals surface area contributed by atoms with Gasteiger partial charge >= 0.3 is 0 Å². The van der Waals surface area contributed by atoms with Crippen LogP contribution in [0, 0.1) is 17.8 Å². The second-order valence-corrected chi connectivity index (χ2v) is 27.2. The summed E-state index contributed by atoms with van der Waals surface area (Å²) in [7, 11) is 11.7. The number of rotatable bonds is 17. The molecule has 2 saturated heterocycles. The number of ether oxygens (including phenoxy) is 5. The van der Waals surface area contributed by atoms with Gasteiger partial charge < -0.3 is 33.5 Å². The van der Waals surface area contributed by atoms with Gasteiger partial charge in [-0.15, -0.1) is 0 Å². The lowest BCUT2D eigenvalue weighted by molar-refractivity contribution is -0.118. The molecular weight excluding hydrogens is 1190 g/mol. The lowest BCUT2D eigenvalue weighted by atomic mass is 9.89. The van der Waals surface area contributed by atoms with Gasteiger partial charge in [0.25, 0.3) is 0 Å². The van der Waals surface area contributed by atoms with Crippen molar-refractivity contribution in [2.45, 2.75) is 154 Å². The average molecular weight is 1280 g/mol. The summed E-state index contributed by atoms with van der Waals surface area (Å²) in [6.07, 6.45) is 20.6. The molecule has 496 valence electrons. The molecule has 3 saturated carbocycles. The van der Waals surface area contributed by atoms with Crippen LogP contribution in [0.3, 0.4) is 0 Å². The van der Waals surface area contributed by atoms with Crippen molar-refractivity contribution in [1.29, 1.82) is 0 Å². The summed E-state index contributed by atoms with van der Waals surface area (Å²) >= 11 is 0. The molecule has 2 aromatic carbocycles. The zero-order valence-corrected chi connectivity index (χ0v) is 56.5. The SMILES string of the molecule is COc1cc(-c2cc3nn(C)cc3c(O[C@H](C)[C@H]3CCC(=O)C3)n2)ccc1OC(C)C.C[C@@H](Oc1nc(-c2ccc(C3CCN(C)CC3)cc2)cc2nn(C)cc12)[C@H]1CCC(=O)C1.C[C@@H](Oc1nc(-c2cnn(C3CCN(C)CC3)c2)cc2nn(C)cc12)[C@H]1CCC(=O)C1. The Morgan fingerprint density at radius 1 is 0.457 bits per heavy atom. The fourth-order valence-corrected chi connectivity index (χ4v) is 14.0. The Kier molecular flexibility index (Phi) is 19.9. The Hall–Kier alpha value is -8.56. The van der Waals surface area contributed by atoms with Gasteiger partial charge in [0, 0.05) is 119 Å². The van der Waals surface area contributed by atoms with Crippen LogP contribution >= 0.6 is 0 Å². The Morgan fingerprint density at radius 2 is 0.872 bits per heavy atom. The molecule has 6 atom stereocenters. The van der Waals surface area contributed by atoms with Crippen molar-refractivity contribution in [2.75, 3.05) is 47.4 Å². The van der Waals surface area contributed by atoms with E-state index in [-0.39, 0.29) is 42.2 Å². The van der Waals surface area contributed by atoms with Crippen LogP contribution in [0.5, 0.6) is 29.1 Å². The van der Waals surface area contributed by atoms with Gasteiger partial charge in [-0.3, -0.25) is 33.1 Å². The van der Waals surface area contributed by atoms with E-state index >= 15 is 0 Å². The van der Waals surface area contributed by atoms with E-state index in [1.807, 2.05) is 110 Å². The Balaban J connectivity index is 0.000000135. The third-order valence-electron chi connectivity index (χ3n) is 19.7. The standard InChI is InChI=1S/C26H32N4O2.C24H29N3O4.C23H30N6O2/c1-17(21-8-9-22(31)14-21)32-26-23-16-30(3)28-25(23)15-24(27-26)20-6-4-18(5-7-20)19-10-12-29(2)13-11-19;1-14(2)30-22-9-7-17(11-23(22)29-5)20-12-21-19(13-27(4)26-21)24(25-20)31-15(3)16-6-8-18(28)10-16;1-15(16-4-5-19(30)10-16)31-23-20-14-28(3)26-22(20)11-21(25-23)17-12-24-29(13-17)18-6-8-27(2)9-7-18/h4-7,15-17,19,21H,8-14H2,1-3H3;7,9,11-16H,6,8,10H2,1-5H3;11-16,18H,4-10H2,1-3H3/t17-,21+;2*15-,16+/m111/s1. The molecule has 2 aliphatic heterocycles. The average Bonchev–Trinajstić information content (AvgIpc) is 1.57. The number of nitrogens with zero attached hydrogens (tertiary/aromatic N) is 13. The van der Waals surface area contributed by atoms with Crippen LogP contribution in [-0.2, 0) is 35.5 Å². The predicted molar refractivity (Wildman–Crippen MR) is 362 cm³/mol. The smallest absolute Gasteiger partial charge is 0.225 e. The minimum absolute atomic E-state index is 0.0479. The number of carbonyl (C=O) groups is 3. The van der Waals surface area contributed by atoms with Gasteiger partial charge in [0.15, 0.2) is 11.5 Å². The molecule has 0 N–H and O–H groups in total. The number of pyridine rings is 3. The molecule has 0 spiro atoms. The molecule has 21 nitrogen and oxygen atoms in total. The Bertz CT molecular complexity index is 4150. The zero-order valence-electron chi connectivity index (χ0n) is 56.5. The van der Waals surface area contributed by atoms with Gasteiger partial charge in [0.05, 0.1) is 75.2 Å². The third-order valence-corrected chi connectivity index (χ3v) is 19.7. The van der Waals surface area contributed by atoms with Crippen LogP contribution < -0.4 is 23.7 Å². The molecule has 21 heteroatoms. The van der Waals surface area contributed by atoms with E-state index in [0.717, 1.165) is 125 Å². The van der Waals surface area contributed by atoms with Crippen molar-refractivity contribution in [2.24, 2.45) is 38.9 Å². The molecule has 0 amide bonds. The fraction of sp³-hybridized carbons (Fsp3) is 0.507. The first-order valence-corrected chi connectivity index (χ1v) is 33.7. The Labute approximate surface area is 550 Å². The van der Waals surface area contributed by atoms with Gasteiger partial charge in [-0.05, 0) is 168 Å². The first-order valence-electron chi connectivity index (χ1n) is 33.7. The highest BCUT2D eigenvalue weighted by Gasteiger charge is 2.33. The number of fused-ring (bicyclic) bond motifs is 3. The van der Waals surface area contributed by atoms with E-state index in [1.54, 1.807) is 21.2 Å². The lowest BCUT2D eigenvalue weighted by Gasteiger charge is -2.29. The highest BCUT2D eigenvalue weighted by Crippen LogP contribution is 2.39. The normalized spacial score (nSPS) is 20.2. The van der Waals surface area contributed by atoms with Crippen LogP contribution in [0.15, 0.2) is 91.6 Å². The molecular formula is C73H91N13O8. The first kappa shape index (κ1) is 65.5. The third kappa shape index (κ3) is 15.3. The van der Waals surface area contributed by atoms with Crippen molar-refractivity contribution in [1.82, 2.24) is 63.9 Å². The van der Waals surface area contributed by atoms with Crippen molar-refractivity contribution in [3.8, 4) is 62.9 Å². The molecule has 5 aliphatic rings. The monoisotopic (exact) mass is 1280 g/mol. The topological polar surface area (TPSA) is 214 Å². The maximum atomic E-state index is 11.7. The first-order chi connectivity index (χ1) is 45.2. The minimum atomic E-state index is -0.103.